The Kier molecular flexibility index (Phi) is 10.4. The van der Waals surface area contributed by atoms with Gasteiger partial charge in [-0.3, -0.25) is 0 Å². The molecule has 0 radical (unpaired) electrons. The number of ether oxygens (including phenoxy) is 2. The van der Waals surface area contributed by atoms with E-state index in [9.17, 15) is 0 Å². The van der Waals surface area contributed by atoms with Gasteiger partial charge in [-0.15, -0.1) is 5.10 Å². The van der Waals surface area contributed by atoms with E-state index in [1.807, 2.05) is 46.6 Å². The molecule has 194 valence electrons. The largest absolute Gasteiger partial charge is 0.493 e. The molecule has 0 N–H and O–H groups in total. The standard InChI is InChI=1S/C30H36N4O2S/c1-3-11-24-13-10-14-25(21-24)22-30-31-32-33-34(30)37-20-9-8-19-35-29-18-17-28(23-26(29)12-4-2)36-27-15-6-5-7-16-27/h5-7,10,13-18,21,23H,3-4,8-9,11-12,19-20,22H2,1-2H3. The Bertz CT molecular complexity index is 1230. The summed E-state index contributed by atoms with van der Waals surface area (Å²) < 4.78 is 14.0. The first-order valence-electron chi connectivity index (χ1n) is 13.2. The quantitative estimate of drug-likeness (QED) is 0.154. The fourth-order valence-corrected chi connectivity index (χ4v) is 4.99. The maximum absolute atomic E-state index is 6.15. The Morgan fingerprint density at radius 2 is 1.65 bits per heavy atom. The zero-order valence-electron chi connectivity index (χ0n) is 21.8. The molecule has 0 amide bonds. The highest BCUT2D eigenvalue weighted by Crippen LogP contribution is 2.29. The summed E-state index contributed by atoms with van der Waals surface area (Å²) >= 11 is 1.66. The lowest BCUT2D eigenvalue weighted by atomic mass is 10.0. The van der Waals surface area contributed by atoms with Crippen LogP contribution in [0.25, 0.3) is 0 Å². The Hall–Kier alpha value is -3.32. The lowest BCUT2D eigenvalue weighted by Crippen LogP contribution is -2.03. The van der Waals surface area contributed by atoms with Gasteiger partial charge in [-0.1, -0.05) is 69.2 Å². The number of unbranched alkanes of at least 4 members (excludes halogenated alkanes) is 1. The zero-order valence-corrected chi connectivity index (χ0v) is 22.6. The Labute approximate surface area is 224 Å². The van der Waals surface area contributed by atoms with Crippen LogP contribution in [0.5, 0.6) is 17.2 Å². The van der Waals surface area contributed by atoms with Gasteiger partial charge in [0.25, 0.3) is 0 Å². The Morgan fingerprint density at radius 1 is 0.811 bits per heavy atom. The van der Waals surface area contributed by atoms with Gasteiger partial charge in [0, 0.05) is 12.2 Å². The molecule has 0 aliphatic carbocycles. The van der Waals surface area contributed by atoms with E-state index in [1.54, 1.807) is 11.9 Å². The van der Waals surface area contributed by atoms with Crippen molar-refractivity contribution >= 4 is 11.9 Å². The number of aryl methyl sites for hydroxylation is 2. The lowest BCUT2D eigenvalue weighted by Gasteiger charge is -2.13. The average molecular weight is 517 g/mol. The molecule has 4 aromatic rings. The van der Waals surface area contributed by atoms with Crippen molar-refractivity contribution in [1.82, 2.24) is 19.6 Å². The third-order valence-corrected chi connectivity index (χ3v) is 6.93. The first-order chi connectivity index (χ1) is 18.2. The summed E-state index contributed by atoms with van der Waals surface area (Å²) in [7, 11) is 0. The smallest absolute Gasteiger partial charge is 0.168 e. The number of aromatic nitrogens is 4. The highest BCUT2D eigenvalue weighted by molar-refractivity contribution is 7.97. The van der Waals surface area contributed by atoms with Crippen LogP contribution in [0.3, 0.4) is 0 Å². The van der Waals surface area contributed by atoms with Crippen molar-refractivity contribution in [2.75, 3.05) is 12.4 Å². The van der Waals surface area contributed by atoms with Crippen LogP contribution in [-0.2, 0) is 19.3 Å². The van der Waals surface area contributed by atoms with Crippen molar-refractivity contribution in [2.24, 2.45) is 0 Å². The molecule has 1 heterocycles. The third-order valence-electron chi connectivity index (χ3n) is 5.93. The van der Waals surface area contributed by atoms with Gasteiger partial charge in [0.15, 0.2) is 5.82 Å². The zero-order chi connectivity index (χ0) is 25.7. The number of para-hydroxylation sites is 1. The summed E-state index contributed by atoms with van der Waals surface area (Å²) in [4.78, 5) is 0. The van der Waals surface area contributed by atoms with E-state index in [0.717, 1.165) is 73.8 Å². The normalized spacial score (nSPS) is 11.0. The summed E-state index contributed by atoms with van der Waals surface area (Å²) in [5, 5.41) is 12.3. The van der Waals surface area contributed by atoms with Crippen LogP contribution in [0.15, 0.2) is 72.8 Å². The predicted octanol–water partition coefficient (Wildman–Crippen LogP) is 7.32. The molecular weight excluding hydrogens is 480 g/mol. The first-order valence-corrected chi connectivity index (χ1v) is 14.2. The molecule has 1 aromatic heterocycles. The van der Waals surface area contributed by atoms with Crippen molar-refractivity contribution in [3.63, 3.8) is 0 Å². The first kappa shape index (κ1) is 26.7. The third kappa shape index (κ3) is 8.35. The van der Waals surface area contributed by atoms with Crippen LogP contribution in [0.2, 0.25) is 0 Å². The van der Waals surface area contributed by atoms with E-state index in [4.69, 9.17) is 9.47 Å². The minimum absolute atomic E-state index is 0.683. The fourth-order valence-electron chi connectivity index (χ4n) is 4.15. The second kappa shape index (κ2) is 14.4. The molecule has 0 spiro atoms. The second-order valence-corrected chi connectivity index (χ2v) is 10.1. The number of rotatable bonds is 15. The summed E-state index contributed by atoms with van der Waals surface area (Å²) in [5.74, 6) is 4.45. The molecule has 6 nitrogen and oxygen atoms in total. The molecule has 4 rings (SSSR count). The molecule has 3 aromatic carbocycles. The van der Waals surface area contributed by atoms with Gasteiger partial charge < -0.3 is 9.47 Å². The van der Waals surface area contributed by atoms with Crippen molar-refractivity contribution < 1.29 is 9.47 Å². The molecule has 0 saturated carbocycles. The van der Waals surface area contributed by atoms with Crippen LogP contribution in [0.1, 0.15) is 62.0 Å². The van der Waals surface area contributed by atoms with Crippen molar-refractivity contribution in [3.05, 3.63) is 95.3 Å². The number of benzene rings is 3. The molecule has 0 bridgehead atoms. The maximum atomic E-state index is 6.15. The molecule has 7 heteroatoms. The molecular formula is C30H36N4O2S. The van der Waals surface area contributed by atoms with Gasteiger partial charge in [-0.05, 0) is 95.1 Å². The molecule has 0 aliphatic heterocycles. The minimum atomic E-state index is 0.683. The molecule has 0 atom stereocenters. The van der Waals surface area contributed by atoms with Crippen LogP contribution < -0.4 is 9.47 Å². The Morgan fingerprint density at radius 3 is 2.49 bits per heavy atom. The maximum Gasteiger partial charge on any atom is 0.168 e. The second-order valence-electron chi connectivity index (χ2n) is 9.04. The van der Waals surface area contributed by atoms with Crippen LogP contribution in [0, 0.1) is 0 Å². The van der Waals surface area contributed by atoms with Gasteiger partial charge in [0.1, 0.15) is 17.2 Å². The van der Waals surface area contributed by atoms with Crippen molar-refractivity contribution in [1.29, 1.82) is 0 Å². The summed E-state index contributed by atoms with van der Waals surface area (Å²) in [6.45, 7) is 5.07. The van der Waals surface area contributed by atoms with E-state index >= 15 is 0 Å². The SMILES string of the molecule is CCCc1cccc(Cc2nnnn2SCCCCOc2ccc(Oc3ccccc3)cc2CCC)c1. The molecule has 0 aliphatic rings. The highest BCUT2D eigenvalue weighted by Gasteiger charge is 2.10. The van der Waals surface area contributed by atoms with E-state index < -0.39 is 0 Å². The minimum Gasteiger partial charge on any atom is -0.493 e. The van der Waals surface area contributed by atoms with Gasteiger partial charge in [0.2, 0.25) is 0 Å². The van der Waals surface area contributed by atoms with E-state index in [2.05, 4.69) is 59.7 Å². The number of tetrazole rings is 1. The Balaban J connectivity index is 1.22. The predicted molar refractivity (Wildman–Crippen MR) is 151 cm³/mol. The molecule has 0 saturated heterocycles. The highest BCUT2D eigenvalue weighted by atomic mass is 32.2. The van der Waals surface area contributed by atoms with Gasteiger partial charge in [0.05, 0.1) is 6.61 Å². The molecule has 0 unspecified atom stereocenters. The van der Waals surface area contributed by atoms with E-state index in [0.29, 0.717) is 6.61 Å². The van der Waals surface area contributed by atoms with Crippen molar-refractivity contribution in [2.45, 2.75) is 58.8 Å². The van der Waals surface area contributed by atoms with Crippen LogP contribution >= 0.6 is 11.9 Å². The van der Waals surface area contributed by atoms with Gasteiger partial charge >= 0.3 is 0 Å². The van der Waals surface area contributed by atoms with E-state index in [-0.39, 0.29) is 0 Å². The summed E-state index contributed by atoms with van der Waals surface area (Å²) in [5.41, 5.74) is 3.80. The number of hydrogen-bond acceptors (Lipinski definition) is 6. The lowest BCUT2D eigenvalue weighted by molar-refractivity contribution is 0.306. The van der Waals surface area contributed by atoms with Crippen LogP contribution in [0.4, 0.5) is 0 Å². The number of hydrogen-bond donors (Lipinski definition) is 0. The monoisotopic (exact) mass is 516 g/mol. The van der Waals surface area contributed by atoms with E-state index in [1.165, 1.54) is 16.7 Å². The topological polar surface area (TPSA) is 62.1 Å². The fraction of sp³-hybridized carbons (Fsp3) is 0.367. The molecule has 0 fully saturated rings. The van der Waals surface area contributed by atoms with Crippen molar-refractivity contribution in [3.8, 4) is 17.2 Å². The van der Waals surface area contributed by atoms with Crippen LogP contribution in [-0.4, -0.2) is 32.0 Å². The van der Waals surface area contributed by atoms with Gasteiger partial charge in [-0.2, -0.15) is 4.09 Å². The summed E-state index contributed by atoms with van der Waals surface area (Å²) in [6, 6.07) is 24.7. The summed E-state index contributed by atoms with van der Waals surface area (Å²) in [6.07, 6.45) is 6.99. The van der Waals surface area contributed by atoms with Gasteiger partial charge in [-0.25, -0.2) is 0 Å². The molecule has 37 heavy (non-hydrogen) atoms. The number of nitrogens with zero attached hydrogens (tertiary/aromatic N) is 4. The average Bonchev–Trinajstić information content (AvgIpc) is 3.35.